The summed E-state index contributed by atoms with van der Waals surface area (Å²) in [6.07, 6.45) is 2.43. The number of nitrogens with one attached hydrogen (secondary N) is 1. The number of ether oxygens (including phenoxy) is 1. The molecule has 0 saturated heterocycles. The number of anilines is 1. The molecule has 2 aliphatic heterocycles. The van der Waals surface area contributed by atoms with Crippen molar-refractivity contribution in [3.8, 4) is 11.1 Å². The molecule has 0 saturated carbocycles. The summed E-state index contributed by atoms with van der Waals surface area (Å²) in [5.41, 5.74) is 11.8. The van der Waals surface area contributed by atoms with Gasteiger partial charge in [0.2, 0.25) is 0 Å². The first kappa shape index (κ1) is 41.7. The Kier molecular flexibility index (Phi) is 11.8. The fourth-order valence-electron chi connectivity index (χ4n) is 8.78. The zero-order chi connectivity index (χ0) is 43.4. The molecule has 0 fully saturated rings. The van der Waals surface area contributed by atoms with Crippen LogP contribution in [0.2, 0.25) is 0 Å². The number of hydrazine groups is 1. The summed E-state index contributed by atoms with van der Waals surface area (Å²) in [5.74, 6) is -0.942. The first-order chi connectivity index (χ1) is 30.0. The van der Waals surface area contributed by atoms with E-state index in [1.54, 1.807) is 12.1 Å². The van der Waals surface area contributed by atoms with Gasteiger partial charge in [-0.3, -0.25) is 0 Å². The smallest absolute Gasteiger partial charge is 0.434 e. The minimum atomic E-state index is -1.04. The third-order valence-corrected chi connectivity index (χ3v) is 11.6. The van der Waals surface area contributed by atoms with E-state index in [1.807, 2.05) is 105 Å². The predicted octanol–water partition coefficient (Wildman–Crippen LogP) is 12.0. The Morgan fingerprint density at radius 2 is 1.31 bits per heavy atom. The van der Waals surface area contributed by atoms with Gasteiger partial charge >= 0.3 is 12.1 Å². The highest BCUT2D eigenvalue weighted by Gasteiger charge is 2.52. The Bertz CT molecular complexity index is 2490. The lowest BCUT2D eigenvalue weighted by Crippen LogP contribution is -2.49. The molecule has 2 aliphatic rings. The molecule has 6 aromatic rings. The van der Waals surface area contributed by atoms with Crippen LogP contribution in [0.25, 0.3) is 17.2 Å². The number of fused-ring (bicyclic) bond motifs is 1. The molecule has 314 valence electrons. The molecule has 10 nitrogen and oxygen atoms in total. The van der Waals surface area contributed by atoms with Gasteiger partial charge in [-0.15, -0.1) is 5.01 Å². The minimum Gasteiger partial charge on any atom is -0.478 e. The largest absolute Gasteiger partial charge is 0.478 e. The molecule has 2 unspecified atom stereocenters. The zero-order valence-electron chi connectivity index (χ0n) is 35.8. The minimum absolute atomic E-state index is 0.127. The van der Waals surface area contributed by atoms with Crippen LogP contribution in [0.4, 0.5) is 10.5 Å². The Morgan fingerprint density at radius 3 is 1.85 bits per heavy atom. The molecular formula is C52H52N6O4. The van der Waals surface area contributed by atoms with Crippen LogP contribution in [0.1, 0.15) is 97.4 Å². The standard InChI is InChI=1S/C52H52N6O4/c1-6-37-33-40-34-39(49(59)60)31-32-47(40)56(46(37)7-2)53-35-36-27-29-38(30-28-36)44-25-17-18-26-45(44)48-57(50(61)62-51(3,4)5)54-55-58(48)52(41-19-11-8-12-20-41,42-21-13-9-14-22-42)43-23-15-10-16-24-43/h8-34,46,48,53H,6-7,35H2,1-5H3,(H,59,60). The molecule has 0 aromatic heterocycles. The summed E-state index contributed by atoms with van der Waals surface area (Å²) in [7, 11) is 0. The molecule has 0 spiro atoms. The Labute approximate surface area is 363 Å². The van der Waals surface area contributed by atoms with Gasteiger partial charge in [0.25, 0.3) is 0 Å². The summed E-state index contributed by atoms with van der Waals surface area (Å²) in [6.45, 7) is 10.4. The van der Waals surface area contributed by atoms with Gasteiger partial charge in [-0.1, -0.05) is 159 Å². The number of rotatable bonds is 12. The first-order valence-electron chi connectivity index (χ1n) is 21.2. The van der Waals surface area contributed by atoms with E-state index in [-0.39, 0.29) is 11.6 Å². The number of hydrogen-bond donors (Lipinski definition) is 2. The molecule has 2 atom stereocenters. The van der Waals surface area contributed by atoms with Crippen molar-refractivity contribution < 1.29 is 19.4 Å². The summed E-state index contributed by atoms with van der Waals surface area (Å²) in [5, 5.41) is 24.8. The third-order valence-electron chi connectivity index (χ3n) is 11.6. The fourth-order valence-corrected chi connectivity index (χ4v) is 8.78. The SMILES string of the molecule is CCC1=Cc2cc(C(=O)O)ccc2N(NCc2ccc(-c3ccccc3C3N(C(=O)OC(C)(C)C)N=NN3C(c3ccccc3)(c3ccccc3)c3ccccc3)cc2)C1CC. The van der Waals surface area contributed by atoms with E-state index in [9.17, 15) is 14.7 Å². The van der Waals surface area contributed by atoms with E-state index < -0.39 is 29.4 Å². The number of carboxylic acids is 1. The second-order valence-electron chi connectivity index (χ2n) is 16.6. The number of carbonyl (C=O) groups is 2. The molecule has 1 amide bonds. The van der Waals surface area contributed by atoms with Crippen molar-refractivity contribution in [1.29, 1.82) is 0 Å². The van der Waals surface area contributed by atoms with E-state index in [1.165, 1.54) is 10.6 Å². The van der Waals surface area contributed by atoms with Crippen LogP contribution in [-0.4, -0.2) is 38.8 Å². The van der Waals surface area contributed by atoms with Crippen molar-refractivity contribution in [2.45, 2.75) is 77.4 Å². The van der Waals surface area contributed by atoms with Crippen molar-refractivity contribution >= 4 is 23.8 Å². The normalized spacial score (nSPS) is 16.2. The monoisotopic (exact) mass is 824 g/mol. The summed E-state index contributed by atoms with van der Waals surface area (Å²) in [4.78, 5) is 26.1. The molecule has 2 heterocycles. The molecule has 2 N–H and O–H groups in total. The molecule has 62 heavy (non-hydrogen) atoms. The van der Waals surface area contributed by atoms with E-state index in [4.69, 9.17) is 9.96 Å². The van der Waals surface area contributed by atoms with Crippen molar-refractivity contribution in [1.82, 2.24) is 15.4 Å². The van der Waals surface area contributed by atoms with Gasteiger partial charge in [0.1, 0.15) is 11.1 Å². The molecule has 0 bridgehead atoms. The number of nitrogens with zero attached hydrogens (tertiary/aromatic N) is 5. The van der Waals surface area contributed by atoms with E-state index in [0.29, 0.717) is 6.54 Å². The topological polar surface area (TPSA) is 110 Å². The maximum absolute atomic E-state index is 14.3. The van der Waals surface area contributed by atoms with Gasteiger partial charge in [0.15, 0.2) is 6.17 Å². The first-order valence-corrected chi connectivity index (χ1v) is 21.2. The lowest BCUT2D eigenvalue weighted by atomic mass is 9.75. The average molecular weight is 825 g/mol. The highest BCUT2D eigenvalue weighted by Crippen LogP contribution is 2.51. The molecule has 8 rings (SSSR count). The van der Waals surface area contributed by atoms with Gasteiger partial charge in [-0.05, 0) is 101 Å². The summed E-state index contributed by atoms with van der Waals surface area (Å²) < 4.78 is 6.02. The van der Waals surface area contributed by atoms with Crippen LogP contribution < -0.4 is 10.4 Å². The molecule has 10 heteroatoms. The Balaban J connectivity index is 1.19. The molecular weight excluding hydrogens is 773 g/mol. The second-order valence-corrected chi connectivity index (χ2v) is 16.6. The van der Waals surface area contributed by atoms with Gasteiger partial charge in [0, 0.05) is 17.7 Å². The maximum Gasteiger partial charge on any atom is 0.434 e. The molecule has 0 radical (unpaired) electrons. The third kappa shape index (κ3) is 7.97. The predicted molar refractivity (Wildman–Crippen MR) is 244 cm³/mol. The van der Waals surface area contributed by atoms with Crippen molar-refractivity contribution in [3.05, 3.63) is 202 Å². The lowest BCUT2D eigenvalue weighted by Gasteiger charge is -2.45. The fraction of sp³-hybridized carbons (Fsp3) is 0.231. The van der Waals surface area contributed by atoms with Crippen LogP contribution in [0.3, 0.4) is 0 Å². The summed E-state index contributed by atoms with van der Waals surface area (Å²) >= 11 is 0. The van der Waals surface area contributed by atoms with Gasteiger partial charge in [-0.2, -0.15) is 0 Å². The second kappa shape index (κ2) is 17.5. The van der Waals surface area contributed by atoms with Crippen molar-refractivity contribution in [3.63, 3.8) is 0 Å². The molecule has 6 aromatic carbocycles. The maximum atomic E-state index is 14.3. The highest BCUT2D eigenvalue weighted by atomic mass is 16.6. The van der Waals surface area contributed by atoms with E-state index in [2.05, 4.69) is 102 Å². The van der Waals surface area contributed by atoms with Crippen LogP contribution in [0.15, 0.2) is 174 Å². The quantitative estimate of drug-likeness (QED) is 0.118. The van der Waals surface area contributed by atoms with Crippen molar-refractivity contribution in [2.24, 2.45) is 10.4 Å². The van der Waals surface area contributed by atoms with Gasteiger partial charge in [0.05, 0.1) is 17.3 Å². The number of aromatic carboxylic acids is 1. The van der Waals surface area contributed by atoms with E-state index in [0.717, 1.165) is 63.0 Å². The summed E-state index contributed by atoms with van der Waals surface area (Å²) in [6, 6.07) is 52.7. The number of amides is 1. The molecule has 0 aliphatic carbocycles. The Morgan fingerprint density at radius 1 is 0.726 bits per heavy atom. The van der Waals surface area contributed by atoms with Crippen LogP contribution >= 0.6 is 0 Å². The van der Waals surface area contributed by atoms with Gasteiger partial charge in [-0.25, -0.2) is 20.0 Å². The van der Waals surface area contributed by atoms with Gasteiger partial charge < -0.3 is 14.9 Å². The van der Waals surface area contributed by atoms with Crippen LogP contribution in [0.5, 0.6) is 0 Å². The number of benzene rings is 6. The number of carbonyl (C=O) groups excluding carboxylic acids is 1. The number of carboxylic acid groups (broad SMARTS) is 1. The lowest BCUT2D eigenvalue weighted by molar-refractivity contribution is -0.00518. The van der Waals surface area contributed by atoms with E-state index >= 15 is 0 Å². The van der Waals surface area contributed by atoms with Crippen LogP contribution in [-0.2, 0) is 16.8 Å². The number of hydrogen-bond acceptors (Lipinski definition) is 8. The average Bonchev–Trinajstić information content (AvgIpc) is 3.74. The Hall–Kier alpha value is -7.04. The van der Waals surface area contributed by atoms with Crippen LogP contribution in [0, 0.1) is 0 Å². The zero-order valence-corrected chi connectivity index (χ0v) is 35.8. The van der Waals surface area contributed by atoms with Crippen molar-refractivity contribution in [2.75, 3.05) is 5.01 Å². The highest BCUT2D eigenvalue weighted by molar-refractivity contribution is 5.90.